The summed E-state index contributed by atoms with van der Waals surface area (Å²) in [7, 11) is 1.50. The summed E-state index contributed by atoms with van der Waals surface area (Å²) in [5.74, 6) is 1.14. The maximum atomic E-state index is 7.30. The van der Waals surface area contributed by atoms with Gasteiger partial charge in [-0.15, -0.1) is 0 Å². The molecule has 0 aromatic heterocycles. The quantitative estimate of drug-likeness (QED) is 0.609. The van der Waals surface area contributed by atoms with Crippen molar-refractivity contribution in [3.05, 3.63) is 29.3 Å². The van der Waals surface area contributed by atoms with Crippen LogP contribution in [-0.4, -0.2) is 19.6 Å². The van der Waals surface area contributed by atoms with Gasteiger partial charge in [-0.2, -0.15) is 0 Å². The van der Waals surface area contributed by atoms with Gasteiger partial charge in [-0.1, -0.05) is 12.1 Å². The largest absolute Gasteiger partial charge is 0.493 e. The summed E-state index contributed by atoms with van der Waals surface area (Å²) < 4.78 is 10.3. The zero-order valence-corrected chi connectivity index (χ0v) is 9.46. The van der Waals surface area contributed by atoms with Crippen molar-refractivity contribution in [3.63, 3.8) is 0 Å². The molecule has 0 bridgehead atoms. The average molecular weight is 207 g/mol. The summed E-state index contributed by atoms with van der Waals surface area (Å²) in [6.07, 6.45) is 0.504. The lowest BCUT2D eigenvalue weighted by Gasteiger charge is -2.10. The van der Waals surface area contributed by atoms with Crippen LogP contribution in [0.15, 0.2) is 18.2 Å². The number of rotatable bonds is 4. The molecule has 0 aliphatic rings. The van der Waals surface area contributed by atoms with Crippen LogP contribution in [0.2, 0.25) is 0 Å². The number of methoxy groups -OCH3 is 1. The van der Waals surface area contributed by atoms with Gasteiger partial charge in [0.15, 0.2) is 5.90 Å². The number of benzene rings is 1. The van der Waals surface area contributed by atoms with Crippen molar-refractivity contribution >= 4 is 5.90 Å². The van der Waals surface area contributed by atoms with Crippen LogP contribution in [0.25, 0.3) is 0 Å². The van der Waals surface area contributed by atoms with Crippen molar-refractivity contribution < 1.29 is 9.47 Å². The highest BCUT2D eigenvalue weighted by atomic mass is 16.5. The van der Waals surface area contributed by atoms with Crippen LogP contribution in [0.3, 0.4) is 0 Å². The summed E-state index contributed by atoms with van der Waals surface area (Å²) in [6.45, 7) is 4.57. The molecule has 0 radical (unpaired) electrons. The molecule has 0 aliphatic carbocycles. The monoisotopic (exact) mass is 207 g/mol. The fourth-order valence-corrected chi connectivity index (χ4v) is 1.24. The van der Waals surface area contributed by atoms with Crippen molar-refractivity contribution in [2.45, 2.75) is 20.3 Å². The van der Waals surface area contributed by atoms with Crippen LogP contribution in [-0.2, 0) is 4.74 Å². The van der Waals surface area contributed by atoms with Crippen molar-refractivity contribution in [2.24, 2.45) is 0 Å². The number of hydrogen-bond donors (Lipinski definition) is 1. The Morgan fingerprint density at radius 1 is 1.33 bits per heavy atom. The van der Waals surface area contributed by atoms with Crippen molar-refractivity contribution in [2.75, 3.05) is 13.7 Å². The second-order valence-electron chi connectivity index (χ2n) is 3.42. The SMILES string of the molecule is COC(=N)CCOc1cccc(C)c1C. The Kier molecular flexibility index (Phi) is 4.16. The minimum Gasteiger partial charge on any atom is -0.493 e. The minimum absolute atomic E-state index is 0.250. The number of nitrogens with one attached hydrogen (secondary N) is 1. The lowest BCUT2D eigenvalue weighted by atomic mass is 10.1. The van der Waals surface area contributed by atoms with Crippen LogP contribution >= 0.6 is 0 Å². The van der Waals surface area contributed by atoms with E-state index < -0.39 is 0 Å². The molecule has 1 rings (SSSR count). The second kappa shape index (κ2) is 5.39. The maximum Gasteiger partial charge on any atom is 0.183 e. The smallest absolute Gasteiger partial charge is 0.183 e. The van der Waals surface area contributed by atoms with Crippen LogP contribution in [0.4, 0.5) is 0 Å². The Morgan fingerprint density at radius 2 is 2.07 bits per heavy atom. The van der Waals surface area contributed by atoms with Gasteiger partial charge < -0.3 is 9.47 Å². The van der Waals surface area contributed by atoms with E-state index in [1.165, 1.54) is 12.7 Å². The molecule has 0 fully saturated rings. The molecule has 1 aromatic rings. The Balaban J connectivity index is 2.51. The van der Waals surface area contributed by atoms with Gasteiger partial charge in [0, 0.05) is 0 Å². The Bertz CT molecular complexity index is 347. The predicted octanol–water partition coefficient (Wildman–Crippen LogP) is 2.70. The van der Waals surface area contributed by atoms with Gasteiger partial charge in [-0.05, 0) is 31.0 Å². The highest BCUT2D eigenvalue weighted by Crippen LogP contribution is 2.20. The second-order valence-corrected chi connectivity index (χ2v) is 3.42. The zero-order valence-electron chi connectivity index (χ0n) is 9.46. The Morgan fingerprint density at radius 3 is 2.73 bits per heavy atom. The maximum absolute atomic E-state index is 7.30. The van der Waals surface area contributed by atoms with Gasteiger partial charge in [-0.25, -0.2) is 0 Å². The standard InChI is InChI=1S/C12H17NO2/c1-9-5-4-6-11(10(9)2)15-8-7-12(13)14-3/h4-6,13H,7-8H2,1-3H3. The third-order valence-corrected chi connectivity index (χ3v) is 2.39. The molecule has 82 valence electrons. The van der Waals surface area contributed by atoms with Gasteiger partial charge in [0.1, 0.15) is 5.75 Å². The van der Waals surface area contributed by atoms with E-state index in [-0.39, 0.29) is 5.90 Å². The molecule has 0 heterocycles. The summed E-state index contributed by atoms with van der Waals surface area (Å²) in [5, 5.41) is 7.30. The normalized spacial score (nSPS) is 9.80. The molecular formula is C12H17NO2. The fourth-order valence-electron chi connectivity index (χ4n) is 1.24. The van der Waals surface area contributed by atoms with Gasteiger partial charge in [-0.3, -0.25) is 5.41 Å². The molecule has 0 saturated carbocycles. The molecule has 3 heteroatoms. The molecule has 1 aromatic carbocycles. The van der Waals surface area contributed by atoms with E-state index in [2.05, 4.69) is 13.0 Å². The number of aryl methyl sites for hydroxylation is 1. The minimum atomic E-state index is 0.250. The predicted molar refractivity (Wildman–Crippen MR) is 60.8 cm³/mol. The van der Waals surface area contributed by atoms with E-state index in [1.807, 2.05) is 19.1 Å². The molecule has 0 amide bonds. The number of hydrogen-bond acceptors (Lipinski definition) is 3. The lowest BCUT2D eigenvalue weighted by molar-refractivity contribution is 0.305. The topological polar surface area (TPSA) is 42.3 Å². The van der Waals surface area contributed by atoms with Crippen LogP contribution in [0.5, 0.6) is 5.75 Å². The first kappa shape index (κ1) is 11.6. The molecule has 0 spiro atoms. The number of ether oxygens (including phenoxy) is 2. The molecule has 0 unspecified atom stereocenters. The third kappa shape index (κ3) is 3.27. The molecule has 1 N–H and O–H groups in total. The Labute approximate surface area is 90.5 Å². The first-order valence-electron chi connectivity index (χ1n) is 4.95. The van der Waals surface area contributed by atoms with Gasteiger partial charge in [0.25, 0.3) is 0 Å². The molecular weight excluding hydrogens is 190 g/mol. The van der Waals surface area contributed by atoms with E-state index in [0.29, 0.717) is 13.0 Å². The van der Waals surface area contributed by atoms with Crippen molar-refractivity contribution in [1.82, 2.24) is 0 Å². The van der Waals surface area contributed by atoms with Gasteiger partial charge in [0.05, 0.1) is 20.1 Å². The van der Waals surface area contributed by atoms with E-state index in [9.17, 15) is 0 Å². The molecule has 0 atom stereocenters. The lowest BCUT2D eigenvalue weighted by Crippen LogP contribution is -2.07. The Hall–Kier alpha value is -1.51. The van der Waals surface area contributed by atoms with Crippen LogP contribution < -0.4 is 4.74 Å². The molecule has 0 aliphatic heterocycles. The van der Waals surface area contributed by atoms with E-state index in [1.54, 1.807) is 0 Å². The van der Waals surface area contributed by atoms with E-state index in [0.717, 1.165) is 11.3 Å². The first-order valence-corrected chi connectivity index (χ1v) is 4.95. The summed E-state index contributed by atoms with van der Waals surface area (Å²) in [5.41, 5.74) is 2.37. The zero-order chi connectivity index (χ0) is 11.3. The average Bonchev–Trinajstić information content (AvgIpc) is 2.24. The van der Waals surface area contributed by atoms with Gasteiger partial charge >= 0.3 is 0 Å². The highest BCUT2D eigenvalue weighted by Gasteiger charge is 2.02. The van der Waals surface area contributed by atoms with Crippen molar-refractivity contribution in [1.29, 1.82) is 5.41 Å². The molecule has 3 nitrogen and oxygen atoms in total. The first-order chi connectivity index (χ1) is 7.15. The summed E-state index contributed by atoms with van der Waals surface area (Å²) in [4.78, 5) is 0. The third-order valence-electron chi connectivity index (χ3n) is 2.39. The van der Waals surface area contributed by atoms with Gasteiger partial charge in [0.2, 0.25) is 0 Å². The highest BCUT2D eigenvalue weighted by molar-refractivity contribution is 5.72. The summed E-state index contributed by atoms with van der Waals surface area (Å²) in [6, 6.07) is 5.97. The van der Waals surface area contributed by atoms with E-state index in [4.69, 9.17) is 14.9 Å². The van der Waals surface area contributed by atoms with Crippen molar-refractivity contribution in [3.8, 4) is 5.75 Å². The fraction of sp³-hybridized carbons (Fsp3) is 0.417. The van der Waals surface area contributed by atoms with Crippen LogP contribution in [0, 0.1) is 19.3 Å². The molecule has 15 heavy (non-hydrogen) atoms. The summed E-state index contributed by atoms with van der Waals surface area (Å²) >= 11 is 0. The van der Waals surface area contributed by atoms with Crippen LogP contribution in [0.1, 0.15) is 17.5 Å². The van der Waals surface area contributed by atoms with E-state index >= 15 is 0 Å². The molecule has 0 saturated heterocycles.